The van der Waals surface area contributed by atoms with Gasteiger partial charge >= 0.3 is 0 Å². The fourth-order valence-electron chi connectivity index (χ4n) is 4.44. The van der Waals surface area contributed by atoms with Gasteiger partial charge in [0.2, 0.25) is 5.88 Å². The van der Waals surface area contributed by atoms with Crippen molar-refractivity contribution in [2.75, 3.05) is 19.0 Å². The predicted octanol–water partition coefficient (Wildman–Crippen LogP) is 6.29. The molecule has 0 radical (unpaired) electrons. The molecule has 0 aliphatic heterocycles. The van der Waals surface area contributed by atoms with E-state index in [-0.39, 0.29) is 5.75 Å². The van der Waals surface area contributed by atoms with Crippen molar-refractivity contribution in [3.63, 3.8) is 0 Å². The molecule has 6 rings (SSSR count). The Kier molecular flexibility index (Phi) is 4.33. The second-order valence-electron chi connectivity index (χ2n) is 8.29. The van der Waals surface area contributed by atoms with Crippen LogP contribution >= 0.6 is 0 Å². The second kappa shape index (κ2) is 7.78. The normalized spacial score (nSPS) is 11.8. The Morgan fingerprint density at radius 1 is 0.882 bits per heavy atom. The van der Waals surface area contributed by atoms with E-state index in [4.69, 9.17) is 6.11 Å². The summed E-state index contributed by atoms with van der Waals surface area (Å²) in [6.07, 6.45) is 1.64. The Bertz CT molecular complexity index is 1740. The van der Waals surface area contributed by atoms with Crippen LogP contribution in [0.25, 0.3) is 38.5 Å². The van der Waals surface area contributed by atoms with Crippen molar-refractivity contribution < 1.29 is 11.2 Å². The average Bonchev–Trinajstić information content (AvgIpc) is 3.18. The molecule has 0 atom stereocenters. The number of nitrogens with zero attached hydrogens (tertiary/aromatic N) is 4. The van der Waals surface area contributed by atoms with Crippen LogP contribution in [0, 0.1) is 0 Å². The largest absolute Gasteiger partial charge is 0.506 e. The van der Waals surface area contributed by atoms with Crippen LogP contribution in [0.15, 0.2) is 91.1 Å². The summed E-state index contributed by atoms with van der Waals surface area (Å²) in [6.45, 7) is 0. The second-order valence-corrected chi connectivity index (χ2v) is 8.29. The van der Waals surface area contributed by atoms with Crippen molar-refractivity contribution >= 4 is 38.4 Å². The summed E-state index contributed by atoms with van der Waals surface area (Å²) in [7, 11) is 3.91. The smallest absolute Gasteiger partial charge is 0.219 e. The van der Waals surface area contributed by atoms with E-state index in [1.807, 2.05) is 72.1 Å². The van der Waals surface area contributed by atoms with E-state index in [2.05, 4.69) is 16.0 Å². The maximum atomic E-state index is 10.4. The molecule has 166 valence electrons. The number of hydrogen-bond acceptors (Lipinski definition) is 5. The van der Waals surface area contributed by atoms with Crippen LogP contribution < -0.4 is 9.64 Å². The Labute approximate surface area is 197 Å². The predicted molar refractivity (Wildman–Crippen MR) is 136 cm³/mol. The molecular weight excluding hydrogens is 424 g/mol. The first-order chi connectivity index (χ1) is 17.0. The molecule has 6 nitrogen and oxygen atoms in total. The number of phenolic OH excluding ortho intramolecular Hbond substituents is 1. The Balaban J connectivity index is 1.49. The number of para-hydroxylation sites is 1. The fourth-order valence-corrected chi connectivity index (χ4v) is 4.44. The van der Waals surface area contributed by atoms with E-state index in [9.17, 15) is 5.11 Å². The number of anilines is 1. The lowest BCUT2D eigenvalue weighted by Gasteiger charge is -2.16. The molecule has 0 aliphatic carbocycles. The highest BCUT2D eigenvalue weighted by molar-refractivity contribution is 6.09. The minimum absolute atomic E-state index is 0.105. The molecule has 3 aromatic heterocycles. The zero-order valence-corrected chi connectivity index (χ0v) is 18.7. The van der Waals surface area contributed by atoms with Crippen LogP contribution in [0.3, 0.4) is 0 Å². The lowest BCUT2D eigenvalue weighted by Crippen LogP contribution is -2.09. The molecule has 0 aliphatic rings. The number of aromatic nitrogens is 3. The number of aromatic hydroxyl groups is 1. The lowest BCUT2D eigenvalue weighted by atomic mass is 10.1. The van der Waals surface area contributed by atoms with Gasteiger partial charge in [-0.25, -0.2) is 9.97 Å². The molecule has 0 spiro atoms. The van der Waals surface area contributed by atoms with Crippen molar-refractivity contribution in [2.24, 2.45) is 0 Å². The summed E-state index contributed by atoms with van der Waals surface area (Å²) in [6, 6.07) is 25.0. The molecule has 0 amide bonds. The topological polar surface area (TPSA) is 63.4 Å². The van der Waals surface area contributed by atoms with Gasteiger partial charge in [0.25, 0.3) is 0 Å². The number of benzene rings is 3. The van der Waals surface area contributed by atoms with Crippen LogP contribution in [0.1, 0.15) is 1.37 Å². The maximum Gasteiger partial charge on any atom is 0.219 e. The van der Waals surface area contributed by atoms with Gasteiger partial charge in [-0.05, 0) is 48.5 Å². The van der Waals surface area contributed by atoms with Crippen molar-refractivity contribution in [1.82, 2.24) is 14.5 Å². The van der Waals surface area contributed by atoms with E-state index < -0.39 is 0 Å². The summed E-state index contributed by atoms with van der Waals surface area (Å²) >= 11 is 0. The zero-order chi connectivity index (χ0) is 24.1. The van der Waals surface area contributed by atoms with Crippen LogP contribution in [0.4, 0.5) is 5.69 Å². The molecule has 6 aromatic rings. The van der Waals surface area contributed by atoms with Crippen molar-refractivity contribution in [3.8, 4) is 23.2 Å². The van der Waals surface area contributed by atoms with Gasteiger partial charge in [-0.2, -0.15) is 0 Å². The van der Waals surface area contributed by atoms with Gasteiger partial charge in [-0.15, -0.1) is 0 Å². The molecule has 3 aromatic carbocycles. The monoisotopic (exact) mass is 447 g/mol. The van der Waals surface area contributed by atoms with Gasteiger partial charge in [0.05, 0.1) is 12.4 Å². The third-order valence-corrected chi connectivity index (χ3v) is 5.96. The summed E-state index contributed by atoms with van der Waals surface area (Å²) in [4.78, 5) is 11.1. The van der Waals surface area contributed by atoms with Crippen molar-refractivity contribution in [3.05, 3.63) is 91.1 Å². The van der Waals surface area contributed by atoms with E-state index in [1.54, 1.807) is 30.5 Å². The highest BCUT2D eigenvalue weighted by Gasteiger charge is 2.15. The van der Waals surface area contributed by atoms with Gasteiger partial charge in [0, 0.05) is 54.3 Å². The SMILES string of the molecule is [2H]c1ccnc(-n2c3ccccc3c3ccc(Oc4ccc5c(N(C)C)ccc(O)c5n4)cc32)c1. The quantitative estimate of drug-likeness (QED) is 0.344. The summed E-state index contributed by atoms with van der Waals surface area (Å²) in [5, 5.41) is 13.4. The molecule has 0 bridgehead atoms. The number of rotatable bonds is 4. The number of ether oxygens (including phenoxy) is 1. The Hall–Kier alpha value is -4.58. The minimum atomic E-state index is 0.105. The van der Waals surface area contributed by atoms with Crippen molar-refractivity contribution in [2.45, 2.75) is 0 Å². The van der Waals surface area contributed by atoms with Crippen LogP contribution in [-0.2, 0) is 0 Å². The lowest BCUT2D eigenvalue weighted by molar-refractivity contribution is 0.460. The van der Waals surface area contributed by atoms with Gasteiger partial charge in [-0.3, -0.25) is 4.57 Å². The van der Waals surface area contributed by atoms with Gasteiger partial charge in [-0.1, -0.05) is 24.2 Å². The molecule has 34 heavy (non-hydrogen) atoms. The molecule has 0 saturated carbocycles. The first-order valence-corrected chi connectivity index (χ1v) is 10.9. The van der Waals surface area contributed by atoms with Crippen LogP contribution in [0.5, 0.6) is 17.4 Å². The summed E-state index contributed by atoms with van der Waals surface area (Å²) in [5.74, 6) is 1.77. The maximum absolute atomic E-state index is 10.4. The van der Waals surface area contributed by atoms with E-state index in [0.717, 1.165) is 32.9 Å². The van der Waals surface area contributed by atoms with E-state index >= 15 is 0 Å². The third-order valence-electron chi connectivity index (χ3n) is 5.96. The number of fused-ring (bicyclic) bond motifs is 4. The molecular formula is C28H22N4O2. The van der Waals surface area contributed by atoms with Gasteiger partial charge < -0.3 is 14.7 Å². The standard InChI is InChI=1S/C28H22N4O2/c1-31(2)22-13-14-25(33)28-21(22)12-15-27(30-28)34-18-10-11-20-19-7-3-4-8-23(19)32(24(20)17-18)26-9-5-6-16-29-26/h3-17,33H,1-2H3/i5D. The zero-order valence-electron chi connectivity index (χ0n) is 19.7. The highest BCUT2D eigenvalue weighted by Crippen LogP contribution is 2.36. The average molecular weight is 448 g/mol. The molecule has 1 N–H and O–H groups in total. The fraction of sp³-hybridized carbons (Fsp3) is 0.0714. The summed E-state index contributed by atoms with van der Waals surface area (Å²) in [5.41, 5.74) is 3.37. The van der Waals surface area contributed by atoms with Gasteiger partial charge in [0.1, 0.15) is 22.8 Å². The minimum Gasteiger partial charge on any atom is -0.506 e. The van der Waals surface area contributed by atoms with Crippen LogP contribution in [0.2, 0.25) is 0 Å². The van der Waals surface area contributed by atoms with Crippen molar-refractivity contribution in [1.29, 1.82) is 0 Å². The third kappa shape index (κ3) is 3.19. The molecule has 3 heterocycles. The Morgan fingerprint density at radius 3 is 2.56 bits per heavy atom. The first kappa shape index (κ1) is 18.9. The molecule has 0 saturated heterocycles. The van der Waals surface area contributed by atoms with E-state index in [0.29, 0.717) is 29.0 Å². The molecule has 6 heteroatoms. The highest BCUT2D eigenvalue weighted by atomic mass is 16.5. The number of hydrogen-bond donors (Lipinski definition) is 1. The van der Waals surface area contributed by atoms with Crippen LogP contribution in [-0.4, -0.2) is 33.7 Å². The van der Waals surface area contributed by atoms with Gasteiger partial charge in [0.15, 0.2) is 0 Å². The summed E-state index contributed by atoms with van der Waals surface area (Å²) < 4.78 is 16.3. The number of pyridine rings is 2. The first-order valence-electron chi connectivity index (χ1n) is 11.4. The number of phenols is 1. The molecule has 0 unspecified atom stereocenters. The molecule has 0 fully saturated rings. The Morgan fingerprint density at radius 2 is 1.71 bits per heavy atom. The van der Waals surface area contributed by atoms with E-state index in [1.165, 1.54) is 0 Å².